The van der Waals surface area contributed by atoms with Crippen LogP contribution in [0.5, 0.6) is 0 Å². The van der Waals surface area contributed by atoms with Crippen molar-refractivity contribution in [3.8, 4) is 11.1 Å². The van der Waals surface area contributed by atoms with Crippen molar-refractivity contribution >= 4 is 18.0 Å². The van der Waals surface area contributed by atoms with E-state index in [1.807, 2.05) is 24.3 Å². The predicted molar refractivity (Wildman–Crippen MR) is 119 cm³/mol. The van der Waals surface area contributed by atoms with Crippen LogP contribution in [0.25, 0.3) is 11.1 Å². The summed E-state index contributed by atoms with van der Waals surface area (Å²) in [4.78, 5) is 36.4. The Hall–Kier alpha value is -3.39. The number of aliphatic carboxylic acids is 1. The number of carboxylic acids is 1. The van der Waals surface area contributed by atoms with Gasteiger partial charge in [0.2, 0.25) is 0 Å². The first-order valence-corrected chi connectivity index (χ1v) is 11.2. The molecule has 0 aromatic heterocycles. The molecule has 0 spiro atoms. The van der Waals surface area contributed by atoms with Gasteiger partial charge in [0.15, 0.2) is 6.10 Å². The van der Waals surface area contributed by atoms with Gasteiger partial charge in [-0.1, -0.05) is 48.5 Å². The lowest BCUT2D eigenvalue weighted by Crippen LogP contribution is -2.49. The van der Waals surface area contributed by atoms with Crippen LogP contribution in [0.15, 0.2) is 48.5 Å². The molecular weight excluding hydrogens is 424 g/mol. The lowest BCUT2D eigenvalue weighted by Gasteiger charge is -2.21. The van der Waals surface area contributed by atoms with E-state index in [9.17, 15) is 19.5 Å². The molecule has 5 rings (SSSR count). The number of fused-ring (bicyclic) bond motifs is 3. The highest BCUT2D eigenvalue weighted by Crippen LogP contribution is 2.45. The van der Waals surface area contributed by atoms with Crippen LogP contribution >= 0.6 is 0 Å². The molecule has 172 valence electrons. The van der Waals surface area contributed by atoms with Crippen molar-refractivity contribution in [3.05, 3.63) is 59.7 Å². The highest BCUT2D eigenvalue weighted by atomic mass is 16.6. The second-order valence-corrected chi connectivity index (χ2v) is 8.96. The zero-order chi connectivity index (χ0) is 23.0. The van der Waals surface area contributed by atoms with E-state index in [0.717, 1.165) is 22.3 Å². The van der Waals surface area contributed by atoms with Crippen molar-refractivity contribution in [2.45, 2.75) is 37.3 Å². The summed E-state index contributed by atoms with van der Waals surface area (Å²) in [7, 11) is 0. The zero-order valence-corrected chi connectivity index (χ0v) is 18.1. The van der Waals surface area contributed by atoms with E-state index in [0.29, 0.717) is 25.9 Å². The van der Waals surface area contributed by atoms with E-state index >= 15 is 0 Å². The number of amides is 2. The molecule has 2 atom stereocenters. The summed E-state index contributed by atoms with van der Waals surface area (Å²) in [5.41, 5.74) is 3.70. The smallest absolute Gasteiger partial charge is 0.407 e. The lowest BCUT2D eigenvalue weighted by atomic mass is 9.98. The zero-order valence-electron chi connectivity index (χ0n) is 18.1. The number of carbonyl (C=O) groups excluding carboxylic acids is 2. The summed E-state index contributed by atoms with van der Waals surface area (Å²) in [6.07, 6.45) is 0.113. The standard InChI is InChI=1S/C25H26N2O6/c28-22(26-14-25(10-11-25)23(29)30)21-20(9-12-32-21)27-24(31)33-13-19-17-7-3-1-5-15(17)16-6-2-4-8-18(16)19/h1-8,19-21H,9-14H2,(H,26,28)(H,27,31)(H,29,30)/t20-,21+/m1/s1. The van der Waals surface area contributed by atoms with Crippen LogP contribution in [-0.4, -0.2) is 55.0 Å². The van der Waals surface area contributed by atoms with E-state index in [1.54, 1.807) is 0 Å². The number of ether oxygens (including phenoxy) is 2. The first-order valence-electron chi connectivity index (χ1n) is 11.2. The summed E-state index contributed by atoms with van der Waals surface area (Å²) < 4.78 is 11.1. The largest absolute Gasteiger partial charge is 0.481 e. The molecule has 0 radical (unpaired) electrons. The molecule has 1 aliphatic heterocycles. The van der Waals surface area contributed by atoms with Crippen molar-refractivity contribution in [3.63, 3.8) is 0 Å². The average molecular weight is 450 g/mol. The Morgan fingerprint density at radius 3 is 2.27 bits per heavy atom. The fourth-order valence-corrected chi connectivity index (χ4v) is 4.76. The van der Waals surface area contributed by atoms with Gasteiger partial charge in [-0.2, -0.15) is 0 Å². The minimum absolute atomic E-state index is 0.0483. The number of hydrogen-bond acceptors (Lipinski definition) is 5. The first kappa shape index (κ1) is 21.5. The average Bonchev–Trinajstić information content (AvgIpc) is 3.38. The van der Waals surface area contributed by atoms with Crippen LogP contribution in [0, 0.1) is 5.41 Å². The summed E-state index contributed by atoms with van der Waals surface area (Å²) in [6.45, 7) is 0.584. The Labute approximate surface area is 191 Å². The van der Waals surface area contributed by atoms with Crippen molar-refractivity contribution < 1.29 is 29.0 Å². The Balaban J connectivity index is 1.17. The second kappa shape index (κ2) is 8.51. The Bertz CT molecular complexity index is 1050. The van der Waals surface area contributed by atoms with Crippen LogP contribution in [0.1, 0.15) is 36.3 Å². The van der Waals surface area contributed by atoms with E-state index in [-0.39, 0.29) is 19.1 Å². The molecule has 3 aliphatic rings. The van der Waals surface area contributed by atoms with Crippen molar-refractivity contribution in [1.82, 2.24) is 10.6 Å². The van der Waals surface area contributed by atoms with Gasteiger partial charge in [0.05, 0.1) is 11.5 Å². The third kappa shape index (κ3) is 4.06. The number of rotatable bonds is 7. The number of carbonyl (C=O) groups is 3. The van der Waals surface area contributed by atoms with E-state index in [1.165, 1.54) is 0 Å². The molecule has 33 heavy (non-hydrogen) atoms. The summed E-state index contributed by atoms with van der Waals surface area (Å²) in [5.74, 6) is -1.36. The predicted octanol–water partition coefficient (Wildman–Crippen LogP) is 2.66. The fraction of sp³-hybridized carbons (Fsp3) is 0.400. The maximum atomic E-state index is 12.6. The summed E-state index contributed by atoms with van der Waals surface area (Å²) in [6, 6.07) is 15.7. The second-order valence-electron chi connectivity index (χ2n) is 8.96. The number of alkyl carbamates (subject to hydrolysis) is 1. The van der Waals surface area contributed by atoms with Crippen molar-refractivity contribution in [2.75, 3.05) is 19.8 Å². The highest BCUT2D eigenvalue weighted by molar-refractivity contribution is 5.85. The van der Waals surface area contributed by atoms with Gasteiger partial charge in [0.1, 0.15) is 6.61 Å². The molecule has 2 aromatic carbocycles. The summed E-state index contributed by atoms with van der Waals surface area (Å²) >= 11 is 0. The molecule has 1 saturated heterocycles. The van der Waals surface area contributed by atoms with Gasteiger partial charge in [0.25, 0.3) is 5.91 Å². The van der Waals surface area contributed by atoms with Crippen molar-refractivity contribution in [1.29, 1.82) is 0 Å². The molecule has 1 saturated carbocycles. The maximum Gasteiger partial charge on any atom is 0.407 e. The van der Waals surface area contributed by atoms with E-state index in [2.05, 4.69) is 34.9 Å². The van der Waals surface area contributed by atoms with Crippen LogP contribution in [0.4, 0.5) is 4.79 Å². The van der Waals surface area contributed by atoms with Gasteiger partial charge >= 0.3 is 12.1 Å². The Morgan fingerprint density at radius 1 is 1.03 bits per heavy atom. The van der Waals surface area contributed by atoms with Crippen LogP contribution < -0.4 is 10.6 Å². The Kier molecular flexibility index (Phi) is 5.54. The highest BCUT2D eigenvalue weighted by Gasteiger charge is 2.51. The van der Waals surface area contributed by atoms with Crippen LogP contribution in [0.2, 0.25) is 0 Å². The fourth-order valence-electron chi connectivity index (χ4n) is 4.76. The molecule has 2 aliphatic carbocycles. The third-order valence-electron chi connectivity index (χ3n) is 6.91. The number of benzene rings is 2. The number of nitrogens with one attached hydrogen (secondary N) is 2. The van der Waals surface area contributed by atoms with Gasteiger partial charge in [-0.25, -0.2) is 4.79 Å². The number of hydrogen-bond donors (Lipinski definition) is 3. The maximum absolute atomic E-state index is 12.6. The normalized spacial score (nSPS) is 22.2. The minimum Gasteiger partial charge on any atom is -0.481 e. The van der Waals surface area contributed by atoms with Crippen molar-refractivity contribution in [2.24, 2.45) is 5.41 Å². The number of carboxylic acid groups (broad SMARTS) is 1. The van der Waals surface area contributed by atoms with E-state index in [4.69, 9.17) is 9.47 Å². The monoisotopic (exact) mass is 450 g/mol. The molecule has 1 heterocycles. The molecule has 0 unspecified atom stereocenters. The molecule has 8 nitrogen and oxygen atoms in total. The molecule has 3 N–H and O–H groups in total. The van der Waals surface area contributed by atoms with Gasteiger partial charge in [-0.3, -0.25) is 9.59 Å². The molecular formula is C25H26N2O6. The third-order valence-corrected chi connectivity index (χ3v) is 6.91. The SMILES string of the molecule is O=C(N[C@@H]1CCO[C@@H]1C(=O)NCC1(C(=O)O)CC1)OCC1c2ccccc2-c2ccccc21. The van der Waals surface area contributed by atoms with Crippen LogP contribution in [0.3, 0.4) is 0 Å². The lowest BCUT2D eigenvalue weighted by molar-refractivity contribution is -0.143. The molecule has 2 fully saturated rings. The van der Waals surface area contributed by atoms with Crippen LogP contribution in [-0.2, 0) is 19.1 Å². The van der Waals surface area contributed by atoms with Gasteiger partial charge < -0.3 is 25.2 Å². The van der Waals surface area contributed by atoms with Gasteiger partial charge in [0, 0.05) is 19.1 Å². The minimum atomic E-state index is -0.900. The van der Waals surface area contributed by atoms with Gasteiger partial charge in [-0.15, -0.1) is 0 Å². The first-order chi connectivity index (χ1) is 16.0. The molecule has 0 bridgehead atoms. The quantitative estimate of drug-likeness (QED) is 0.598. The summed E-state index contributed by atoms with van der Waals surface area (Å²) in [5, 5.41) is 14.7. The molecule has 2 aromatic rings. The Morgan fingerprint density at radius 2 is 1.67 bits per heavy atom. The topological polar surface area (TPSA) is 114 Å². The molecule has 2 amide bonds. The van der Waals surface area contributed by atoms with Gasteiger partial charge in [-0.05, 0) is 41.5 Å². The molecule has 8 heteroatoms. The van der Waals surface area contributed by atoms with E-state index < -0.39 is 35.5 Å².